The molecule has 2 nitrogen and oxygen atoms in total. The minimum absolute atomic E-state index is 0.114. The molecule has 0 radical (unpaired) electrons. The molecule has 2 heteroatoms. The Morgan fingerprint density at radius 2 is 2.07 bits per heavy atom. The fourth-order valence-corrected chi connectivity index (χ4v) is 1.59. The van der Waals surface area contributed by atoms with Crippen LogP contribution in [0.4, 0.5) is 0 Å². The Morgan fingerprint density at radius 3 is 2.57 bits per heavy atom. The normalized spacial score (nSPS) is 16.4. The molecule has 1 aliphatic rings. The van der Waals surface area contributed by atoms with Gasteiger partial charge in [-0.15, -0.1) is 0 Å². The van der Waals surface area contributed by atoms with Crippen LogP contribution in [-0.2, 0) is 4.79 Å². The zero-order chi connectivity index (χ0) is 10.7. The third-order valence-electron chi connectivity index (χ3n) is 2.53. The average molecular weight is 193 g/mol. The smallest absolute Gasteiger partial charge is 0.253 e. The third kappa shape index (κ3) is 2.47. The molecule has 0 spiro atoms. The molecule has 0 N–H and O–H groups in total. The number of nitrogens with zero attached hydrogens (tertiary/aromatic N) is 1. The second-order valence-corrected chi connectivity index (χ2v) is 4.27. The van der Waals surface area contributed by atoms with Crippen LogP contribution in [0.25, 0.3) is 0 Å². The Hall–Kier alpha value is -1.05. The summed E-state index contributed by atoms with van der Waals surface area (Å²) in [5, 5.41) is 0. The van der Waals surface area contributed by atoms with E-state index in [9.17, 15) is 4.79 Å². The molecule has 0 fully saturated rings. The molecule has 0 bridgehead atoms. The summed E-state index contributed by atoms with van der Waals surface area (Å²) >= 11 is 0. The summed E-state index contributed by atoms with van der Waals surface area (Å²) in [4.78, 5) is 13.3. The molecule has 0 saturated carbocycles. The molecule has 1 rings (SSSR count). The summed E-state index contributed by atoms with van der Waals surface area (Å²) in [6.07, 6.45) is 6.19. The minimum Gasteiger partial charge on any atom is -0.345 e. The van der Waals surface area contributed by atoms with E-state index in [0.717, 1.165) is 18.4 Å². The molecule has 0 unspecified atom stereocenters. The van der Waals surface area contributed by atoms with Gasteiger partial charge in [0.05, 0.1) is 0 Å². The molecule has 14 heavy (non-hydrogen) atoms. The molecular formula is C12H19NO. The van der Waals surface area contributed by atoms with Gasteiger partial charge in [-0.25, -0.2) is 0 Å². The molecule has 78 valence electrons. The maximum Gasteiger partial charge on any atom is 0.253 e. The molecule has 0 heterocycles. The number of amides is 1. The minimum atomic E-state index is 0.114. The number of carbonyl (C=O) groups excluding carboxylic acids is 1. The van der Waals surface area contributed by atoms with Crippen molar-refractivity contribution in [2.24, 2.45) is 5.92 Å². The monoisotopic (exact) mass is 193 g/mol. The van der Waals surface area contributed by atoms with Gasteiger partial charge in [0.15, 0.2) is 0 Å². The summed E-state index contributed by atoms with van der Waals surface area (Å²) in [6, 6.07) is 0. The standard InChI is InChI=1S/C12H19NO/c1-9(2)10-6-5-7-11(8-10)12(14)13(3)4/h7-9H,5-6H2,1-4H3. The molecule has 1 aliphatic carbocycles. The van der Waals surface area contributed by atoms with E-state index in [2.05, 4.69) is 19.9 Å². The Kier molecular flexibility index (Phi) is 3.50. The van der Waals surface area contributed by atoms with Gasteiger partial charge < -0.3 is 4.90 Å². The molecule has 0 aromatic rings. The van der Waals surface area contributed by atoms with Gasteiger partial charge in [-0.1, -0.05) is 31.6 Å². The van der Waals surface area contributed by atoms with Crippen LogP contribution in [0.15, 0.2) is 23.3 Å². The highest BCUT2D eigenvalue weighted by atomic mass is 16.2. The Bertz CT molecular complexity index is 285. The number of carbonyl (C=O) groups is 1. The topological polar surface area (TPSA) is 20.3 Å². The first-order valence-electron chi connectivity index (χ1n) is 5.14. The second kappa shape index (κ2) is 4.45. The van der Waals surface area contributed by atoms with Crippen LogP contribution >= 0.6 is 0 Å². The van der Waals surface area contributed by atoms with E-state index in [4.69, 9.17) is 0 Å². The predicted molar refractivity (Wildman–Crippen MR) is 58.9 cm³/mol. The van der Waals surface area contributed by atoms with E-state index in [-0.39, 0.29) is 5.91 Å². The maximum atomic E-state index is 11.7. The van der Waals surface area contributed by atoms with E-state index in [1.54, 1.807) is 19.0 Å². The van der Waals surface area contributed by atoms with E-state index in [1.165, 1.54) is 5.57 Å². The fourth-order valence-electron chi connectivity index (χ4n) is 1.59. The highest BCUT2D eigenvalue weighted by Crippen LogP contribution is 2.24. The largest absolute Gasteiger partial charge is 0.345 e. The van der Waals surface area contributed by atoms with Gasteiger partial charge in [0.2, 0.25) is 0 Å². The van der Waals surface area contributed by atoms with E-state index < -0.39 is 0 Å². The van der Waals surface area contributed by atoms with Crippen molar-refractivity contribution in [2.45, 2.75) is 26.7 Å². The Labute approximate surface area is 86.3 Å². The van der Waals surface area contributed by atoms with Crippen molar-refractivity contribution in [1.29, 1.82) is 0 Å². The number of hydrogen-bond donors (Lipinski definition) is 0. The number of likely N-dealkylation sites (N-methyl/N-ethyl adjacent to an activating group) is 1. The summed E-state index contributed by atoms with van der Waals surface area (Å²) < 4.78 is 0. The van der Waals surface area contributed by atoms with Gasteiger partial charge in [0.1, 0.15) is 0 Å². The first-order chi connectivity index (χ1) is 6.52. The van der Waals surface area contributed by atoms with Crippen LogP contribution in [0.1, 0.15) is 26.7 Å². The summed E-state index contributed by atoms with van der Waals surface area (Å²) in [6.45, 7) is 4.35. The first-order valence-corrected chi connectivity index (χ1v) is 5.14. The highest BCUT2D eigenvalue weighted by molar-refractivity contribution is 5.96. The van der Waals surface area contributed by atoms with E-state index in [0.29, 0.717) is 5.92 Å². The van der Waals surface area contributed by atoms with Gasteiger partial charge in [0.25, 0.3) is 5.91 Å². The van der Waals surface area contributed by atoms with Crippen molar-refractivity contribution in [3.05, 3.63) is 23.3 Å². The zero-order valence-electron chi connectivity index (χ0n) is 9.50. The molecule has 0 saturated heterocycles. The number of allylic oxidation sites excluding steroid dienone is 2. The lowest BCUT2D eigenvalue weighted by Gasteiger charge is -2.18. The van der Waals surface area contributed by atoms with Crippen LogP contribution in [0.5, 0.6) is 0 Å². The SMILES string of the molecule is CC(C)C1=CC(C(=O)N(C)C)=CCC1. The third-order valence-corrected chi connectivity index (χ3v) is 2.53. The quantitative estimate of drug-likeness (QED) is 0.659. The van der Waals surface area contributed by atoms with Crippen LogP contribution in [0, 0.1) is 5.92 Å². The van der Waals surface area contributed by atoms with Crippen molar-refractivity contribution in [3.63, 3.8) is 0 Å². The van der Waals surface area contributed by atoms with E-state index in [1.807, 2.05) is 6.08 Å². The zero-order valence-corrected chi connectivity index (χ0v) is 9.50. The molecule has 0 aliphatic heterocycles. The van der Waals surface area contributed by atoms with Crippen LogP contribution in [0.2, 0.25) is 0 Å². The molecule has 0 aromatic carbocycles. The van der Waals surface area contributed by atoms with Gasteiger partial charge in [-0.05, 0) is 18.8 Å². The number of rotatable bonds is 2. The first kappa shape index (κ1) is 11.0. The van der Waals surface area contributed by atoms with Crippen molar-refractivity contribution in [3.8, 4) is 0 Å². The Morgan fingerprint density at radius 1 is 1.43 bits per heavy atom. The van der Waals surface area contributed by atoms with Crippen LogP contribution in [-0.4, -0.2) is 24.9 Å². The summed E-state index contributed by atoms with van der Waals surface area (Å²) in [5.74, 6) is 0.663. The fraction of sp³-hybridized carbons (Fsp3) is 0.583. The predicted octanol–water partition coefficient (Wildman–Crippen LogP) is 2.38. The van der Waals surface area contributed by atoms with Crippen LogP contribution in [0.3, 0.4) is 0 Å². The van der Waals surface area contributed by atoms with Gasteiger partial charge in [-0.3, -0.25) is 4.79 Å². The Balaban J connectivity index is 2.82. The van der Waals surface area contributed by atoms with Crippen LogP contribution < -0.4 is 0 Å². The van der Waals surface area contributed by atoms with E-state index >= 15 is 0 Å². The van der Waals surface area contributed by atoms with Crippen molar-refractivity contribution in [2.75, 3.05) is 14.1 Å². The highest BCUT2D eigenvalue weighted by Gasteiger charge is 2.14. The second-order valence-electron chi connectivity index (χ2n) is 4.27. The lowest BCUT2D eigenvalue weighted by Crippen LogP contribution is -2.23. The van der Waals surface area contributed by atoms with Gasteiger partial charge in [-0.2, -0.15) is 0 Å². The van der Waals surface area contributed by atoms with Gasteiger partial charge >= 0.3 is 0 Å². The van der Waals surface area contributed by atoms with Crippen molar-refractivity contribution >= 4 is 5.91 Å². The maximum absolute atomic E-state index is 11.7. The molecule has 1 amide bonds. The lowest BCUT2D eigenvalue weighted by atomic mass is 9.91. The van der Waals surface area contributed by atoms with Crippen molar-refractivity contribution < 1.29 is 4.79 Å². The summed E-state index contributed by atoms with van der Waals surface area (Å²) in [5.41, 5.74) is 2.24. The van der Waals surface area contributed by atoms with Gasteiger partial charge in [0, 0.05) is 19.7 Å². The number of hydrogen-bond acceptors (Lipinski definition) is 1. The average Bonchev–Trinajstić information content (AvgIpc) is 2.16. The molecule has 0 atom stereocenters. The summed E-state index contributed by atoms with van der Waals surface area (Å²) in [7, 11) is 3.58. The molecule has 0 aromatic heterocycles. The molecular weight excluding hydrogens is 174 g/mol. The lowest BCUT2D eigenvalue weighted by molar-refractivity contribution is -0.124. The van der Waals surface area contributed by atoms with Crippen molar-refractivity contribution in [1.82, 2.24) is 4.90 Å².